The van der Waals surface area contributed by atoms with Gasteiger partial charge >= 0.3 is 0 Å². The van der Waals surface area contributed by atoms with Gasteiger partial charge in [0.2, 0.25) is 0 Å². The standard InChI is InChI=1S/C23H32ClN5O/c1-22(2)12-14(13-23(3,4)28-22)29(5)21(26)7-6-18(25)16-10-19-15(11-20(16)30)17(24)8-9-27-19/h6-11,14,26-28,30H,12-13,25H2,1-5H3. The van der Waals surface area contributed by atoms with E-state index in [0.717, 1.165) is 23.7 Å². The van der Waals surface area contributed by atoms with Gasteiger partial charge in [0.15, 0.2) is 0 Å². The number of benzene rings is 1. The molecule has 0 saturated carbocycles. The van der Waals surface area contributed by atoms with Crippen molar-refractivity contribution in [2.45, 2.75) is 57.7 Å². The Labute approximate surface area is 183 Å². The summed E-state index contributed by atoms with van der Waals surface area (Å²) < 4.78 is 0. The second kappa shape index (κ2) is 8.00. The summed E-state index contributed by atoms with van der Waals surface area (Å²) in [5, 5.41) is 27.5. The maximum Gasteiger partial charge on any atom is 0.125 e. The summed E-state index contributed by atoms with van der Waals surface area (Å²) in [6.07, 6.45) is 8.72. The number of phenolic OH excluding ortho intramolecular Hbond substituents is 1. The molecule has 1 aromatic carbocycles. The molecule has 0 amide bonds. The van der Waals surface area contributed by atoms with Crippen LogP contribution in [0.4, 0.5) is 5.69 Å². The third-order valence-electron chi connectivity index (χ3n) is 5.69. The van der Waals surface area contributed by atoms with Gasteiger partial charge in [-0.25, -0.2) is 0 Å². The van der Waals surface area contributed by atoms with E-state index >= 15 is 0 Å². The van der Waals surface area contributed by atoms with Crippen LogP contribution in [0.15, 0.2) is 36.6 Å². The normalized spacial score (nSPS) is 21.2. The first-order valence-electron chi connectivity index (χ1n) is 10.1. The lowest BCUT2D eigenvalue weighted by Crippen LogP contribution is -2.62. The zero-order valence-electron chi connectivity index (χ0n) is 18.3. The number of nitrogens with two attached hydrogens (primary N) is 1. The highest BCUT2D eigenvalue weighted by Gasteiger charge is 2.39. The van der Waals surface area contributed by atoms with Gasteiger partial charge in [0.05, 0.1) is 5.03 Å². The SMILES string of the molecule is CN(C(=N)C=CC(N)=c1cc2c(cc1O)=C(Cl)C=CN2)C1CC(C)(C)NC(C)(C)C1. The van der Waals surface area contributed by atoms with Gasteiger partial charge < -0.3 is 26.4 Å². The number of aromatic hydroxyl groups is 1. The predicted octanol–water partition coefficient (Wildman–Crippen LogP) is 2.52. The van der Waals surface area contributed by atoms with Crippen molar-refractivity contribution in [1.82, 2.24) is 10.2 Å². The smallest absolute Gasteiger partial charge is 0.125 e. The maximum absolute atomic E-state index is 10.4. The number of allylic oxidation sites excluding steroid dienone is 1. The van der Waals surface area contributed by atoms with Gasteiger partial charge in [0.1, 0.15) is 11.6 Å². The van der Waals surface area contributed by atoms with Gasteiger partial charge in [-0.05, 0) is 70.9 Å². The molecule has 2 aliphatic rings. The number of nitrogens with one attached hydrogen (secondary N) is 3. The molecular formula is C23H32ClN5O. The third-order valence-corrected chi connectivity index (χ3v) is 6.02. The molecule has 1 aromatic rings. The van der Waals surface area contributed by atoms with Crippen LogP contribution >= 0.6 is 11.6 Å². The zero-order chi connectivity index (χ0) is 22.3. The Balaban J connectivity index is 1.84. The molecule has 1 saturated heterocycles. The Morgan fingerprint density at radius 3 is 2.50 bits per heavy atom. The highest BCUT2D eigenvalue weighted by atomic mass is 35.5. The van der Waals surface area contributed by atoms with E-state index in [-0.39, 0.29) is 22.9 Å². The number of fused-ring (bicyclic) bond motifs is 1. The molecule has 162 valence electrons. The molecule has 0 aliphatic carbocycles. The van der Waals surface area contributed by atoms with Gasteiger partial charge in [-0.1, -0.05) is 11.6 Å². The Morgan fingerprint density at radius 2 is 1.87 bits per heavy atom. The average molecular weight is 430 g/mol. The van der Waals surface area contributed by atoms with Crippen molar-refractivity contribution in [2.24, 2.45) is 5.73 Å². The van der Waals surface area contributed by atoms with E-state index in [1.807, 2.05) is 11.9 Å². The second-order valence-corrected chi connectivity index (χ2v) is 9.89. The highest BCUT2D eigenvalue weighted by Crippen LogP contribution is 2.31. The number of amidine groups is 1. The first kappa shape index (κ1) is 22.2. The monoisotopic (exact) mass is 429 g/mol. The Hall–Kier alpha value is -2.44. The molecule has 0 aromatic heterocycles. The van der Waals surface area contributed by atoms with Gasteiger partial charge in [0.25, 0.3) is 0 Å². The van der Waals surface area contributed by atoms with E-state index in [4.69, 9.17) is 22.7 Å². The number of rotatable bonds is 3. The van der Waals surface area contributed by atoms with E-state index in [0.29, 0.717) is 21.8 Å². The lowest BCUT2D eigenvalue weighted by molar-refractivity contribution is 0.114. The van der Waals surface area contributed by atoms with Crippen molar-refractivity contribution in [3.05, 3.63) is 47.0 Å². The van der Waals surface area contributed by atoms with Crippen molar-refractivity contribution in [3.63, 3.8) is 0 Å². The number of anilines is 1. The van der Waals surface area contributed by atoms with Crippen LogP contribution in [0.1, 0.15) is 40.5 Å². The predicted molar refractivity (Wildman–Crippen MR) is 126 cm³/mol. The van der Waals surface area contributed by atoms with Crippen LogP contribution in [-0.4, -0.2) is 40.0 Å². The summed E-state index contributed by atoms with van der Waals surface area (Å²) in [4.78, 5) is 2.00. The average Bonchev–Trinajstić information content (AvgIpc) is 2.63. The van der Waals surface area contributed by atoms with Gasteiger partial charge in [-0.3, -0.25) is 5.41 Å². The van der Waals surface area contributed by atoms with Crippen LogP contribution in [0.25, 0.3) is 10.7 Å². The topological polar surface area (TPSA) is 97.4 Å². The van der Waals surface area contributed by atoms with E-state index in [1.165, 1.54) is 0 Å². The number of nitrogens with zero attached hydrogens (tertiary/aromatic N) is 1. The van der Waals surface area contributed by atoms with Crippen molar-refractivity contribution in [1.29, 1.82) is 5.41 Å². The van der Waals surface area contributed by atoms with Crippen molar-refractivity contribution in [3.8, 4) is 5.75 Å². The minimum absolute atomic E-state index is 0.00445. The summed E-state index contributed by atoms with van der Waals surface area (Å²) in [6.45, 7) is 8.80. The van der Waals surface area contributed by atoms with Crippen LogP contribution in [0.2, 0.25) is 0 Å². The van der Waals surface area contributed by atoms with Crippen LogP contribution < -0.4 is 26.8 Å². The van der Waals surface area contributed by atoms with Crippen molar-refractivity contribution in [2.75, 3.05) is 12.4 Å². The number of hydrogen-bond acceptors (Lipinski definition) is 5. The highest BCUT2D eigenvalue weighted by molar-refractivity contribution is 6.47. The fourth-order valence-corrected chi connectivity index (χ4v) is 4.77. The number of halogens is 1. The maximum atomic E-state index is 10.4. The van der Waals surface area contributed by atoms with E-state index in [9.17, 15) is 5.11 Å². The van der Waals surface area contributed by atoms with Crippen LogP contribution in [0.5, 0.6) is 5.75 Å². The van der Waals surface area contributed by atoms with E-state index in [2.05, 4.69) is 38.3 Å². The minimum atomic E-state index is 0.00445. The van der Waals surface area contributed by atoms with Crippen molar-refractivity contribution < 1.29 is 5.11 Å². The molecule has 0 unspecified atom stereocenters. The molecule has 0 bridgehead atoms. The largest absolute Gasteiger partial charge is 0.507 e. The molecular weight excluding hydrogens is 398 g/mol. The fraction of sp³-hybridized carbons (Fsp3) is 0.435. The number of hydrogen-bond donors (Lipinski definition) is 5. The molecule has 2 aliphatic heterocycles. The minimum Gasteiger partial charge on any atom is -0.507 e. The van der Waals surface area contributed by atoms with E-state index in [1.54, 1.807) is 36.6 Å². The summed E-state index contributed by atoms with van der Waals surface area (Å²) in [7, 11) is 1.95. The third kappa shape index (κ3) is 4.82. The summed E-state index contributed by atoms with van der Waals surface area (Å²) in [5.74, 6) is 0.430. The lowest BCUT2D eigenvalue weighted by atomic mass is 9.79. The molecule has 1 fully saturated rings. The number of phenols is 1. The molecule has 0 spiro atoms. The first-order valence-corrected chi connectivity index (χ1v) is 10.5. The van der Waals surface area contributed by atoms with Crippen molar-refractivity contribution >= 4 is 33.9 Å². The first-order chi connectivity index (χ1) is 13.9. The van der Waals surface area contributed by atoms with Crippen LogP contribution in [-0.2, 0) is 0 Å². The van der Waals surface area contributed by atoms with E-state index < -0.39 is 0 Å². The quantitative estimate of drug-likeness (QED) is 0.289. The Morgan fingerprint density at radius 1 is 1.23 bits per heavy atom. The molecule has 6 N–H and O–H groups in total. The summed E-state index contributed by atoms with van der Waals surface area (Å²) >= 11 is 6.19. The number of piperidine rings is 1. The van der Waals surface area contributed by atoms with Crippen LogP contribution in [0, 0.1) is 5.41 Å². The Kier molecular flexibility index (Phi) is 5.94. The van der Waals surface area contributed by atoms with Gasteiger partial charge in [0, 0.05) is 52.2 Å². The summed E-state index contributed by atoms with van der Waals surface area (Å²) in [6, 6.07) is 3.61. The molecule has 3 rings (SSSR count). The number of likely N-dealkylation sites (N-methyl/N-ethyl adjacent to an activating group) is 1. The fourth-order valence-electron chi connectivity index (χ4n) is 4.55. The van der Waals surface area contributed by atoms with Gasteiger partial charge in [-0.15, -0.1) is 0 Å². The molecule has 2 heterocycles. The lowest BCUT2D eigenvalue weighted by Gasteiger charge is -2.49. The van der Waals surface area contributed by atoms with Gasteiger partial charge in [-0.2, -0.15) is 0 Å². The van der Waals surface area contributed by atoms with Crippen LogP contribution in [0.3, 0.4) is 0 Å². The Bertz CT molecular complexity index is 1020. The molecule has 6 nitrogen and oxygen atoms in total. The summed E-state index contributed by atoms with van der Waals surface area (Å²) in [5.41, 5.74) is 7.40. The molecule has 30 heavy (non-hydrogen) atoms. The zero-order valence-corrected chi connectivity index (χ0v) is 19.1. The molecule has 7 heteroatoms. The molecule has 0 radical (unpaired) electrons. The second-order valence-electron chi connectivity index (χ2n) is 9.48. The molecule has 0 atom stereocenters.